The van der Waals surface area contributed by atoms with Crippen LogP contribution in [0.3, 0.4) is 0 Å². The van der Waals surface area contributed by atoms with E-state index >= 15 is 0 Å². The first-order chi connectivity index (χ1) is 8.17. The average Bonchev–Trinajstić information content (AvgIpc) is 2.25. The summed E-state index contributed by atoms with van der Waals surface area (Å²) in [5.41, 5.74) is -0.635. The highest BCUT2D eigenvalue weighted by Crippen LogP contribution is 2.19. The Labute approximate surface area is 108 Å². The summed E-state index contributed by atoms with van der Waals surface area (Å²) < 4.78 is 58.1. The smallest absolute Gasteiger partial charge is 0.224 e. The summed E-state index contributed by atoms with van der Waals surface area (Å²) in [6.45, 7) is 0. The van der Waals surface area contributed by atoms with E-state index in [1.807, 2.05) is 0 Å². The molecule has 18 heavy (non-hydrogen) atoms. The van der Waals surface area contributed by atoms with Crippen molar-refractivity contribution in [1.82, 2.24) is 0 Å². The summed E-state index contributed by atoms with van der Waals surface area (Å²) in [6.07, 6.45) is 0. The predicted octanol–water partition coefficient (Wildman–Crippen LogP) is 1.04. The molecule has 0 unspecified atom stereocenters. The van der Waals surface area contributed by atoms with E-state index in [0.29, 0.717) is 0 Å². The third-order valence-corrected chi connectivity index (χ3v) is 5.18. The molecule has 0 saturated heterocycles. The van der Waals surface area contributed by atoms with E-state index in [-0.39, 0.29) is 0 Å². The fourth-order valence-corrected chi connectivity index (χ4v) is 4.39. The van der Waals surface area contributed by atoms with Crippen molar-refractivity contribution in [2.45, 2.75) is 4.90 Å². The monoisotopic (exact) mass is 311 g/mol. The van der Waals surface area contributed by atoms with Crippen LogP contribution in [-0.4, -0.2) is 28.3 Å². The van der Waals surface area contributed by atoms with Crippen molar-refractivity contribution in [2.24, 2.45) is 0 Å². The fraction of sp³-hybridized carbons (Fsp3) is 0.222. The van der Waals surface area contributed by atoms with Gasteiger partial charge < -0.3 is 0 Å². The molecule has 0 spiro atoms. The Morgan fingerprint density at radius 3 is 2.33 bits per heavy atom. The Morgan fingerprint density at radius 2 is 1.83 bits per heavy atom. The van der Waals surface area contributed by atoms with E-state index in [1.54, 1.807) is 0 Å². The highest BCUT2D eigenvalue weighted by molar-refractivity contribution is 8.14. The third-order valence-electron chi connectivity index (χ3n) is 2.02. The molecule has 1 rings (SSSR count). The second-order valence-corrected chi connectivity index (χ2v) is 8.26. The van der Waals surface area contributed by atoms with Crippen LogP contribution in [0.1, 0.15) is 5.56 Å². The van der Waals surface area contributed by atoms with E-state index in [4.69, 9.17) is 15.9 Å². The lowest BCUT2D eigenvalue weighted by atomic mass is 10.2. The van der Waals surface area contributed by atoms with Gasteiger partial charge in [-0.25, -0.2) is 21.2 Å². The maximum atomic E-state index is 13.2. The number of hydrogen-bond acceptors (Lipinski definition) is 5. The van der Waals surface area contributed by atoms with Gasteiger partial charge in [-0.2, -0.15) is 5.26 Å². The van der Waals surface area contributed by atoms with Crippen molar-refractivity contribution in [1.29, 1.82) is 5.26 Å². The number of halogens is 2. The first-order valence-corrected chi connectivity index (χ1v) is 8.64. The van der Waals surface area contributed by atoms with Crippen molar-refractivity contribution in [3.05, 3.63) is 29.6 Å². The molecule has 0 amide bonds. The highest BCUT2D eigenvalue weighted by Gasteiger charge is 2.23. The van der Waals surface area contributed by atoms with Gasteiger partial charge in [-0.15, -0.1) is 0 Å². The van der Waals surface area contributed by atoms with Crippen LogP contribution in [0.25, 0.3) is 0 Å². The lowest BCUT2D eigenvalue weighted by molar-refractivity contribution is 0.587. The van der Waals surface area contributed by atoms with Crippen LogP contribution >= 0.6 is 10.7 Å². The summed E-state index contributed by atoms with van der Waals surface area (Å²) in [4.78, 5) is -0.537. The van der Waals surface area contributed by atoms with E-state index in [2.05, 4.69) is 0 Å². The van der Waals surface area contributed by atoms with Gasteiger partial charge in [0.2, 0.25) is 9.05 Å². The van der Waals surface area contributed by atoms with Crippen molar-refractivity contribution >= 4 is 29.6 Å². The van der Waals surface area contributed by atoms with E-state index < -0.39 is 46.7 Å². The number of nitrogens with zero attached hydrogens (tertiary/aromatic N) is 1. The topological polar surface area (TPSA) is 92.1 Å². The Hall–Kier alpha value is -1.17. The van der Waals surface area contributed by atoms with Gasteiger partial charge in [0.1, 0.15) is 17.4 Å². The quantitative estimate of drug-likeness (QED) is 0.775. The fourth-order valence-electron chi connectivity index (χ4n) is 1.19. The van der Waals surface area contributed by atoms with Gasteiger partial charge in [-0.05, 0) is 12.1 Å². The van der Waals surface area contributed by atoms with Gasteiger partial charge in [0.05, 0.1) is 16.4 Å². The van der Waals surface area contributed by atoms with Crippen LogP contribution in [0.4, 0.5) is 4.39 Å². The zero-order valence-corrected chi connectivity index (χ0v) is 11.2. The second kappa shape index (κ2) is 5.22. The molecule has 0 aromatic heterocycles. The minimum atomic E-state index is -4.08. The molecule has 1 aromatic carbocycles. The van der Waals surface area contributed by atoms with Gasteiger partial charge >= 0.3 is 0 Å². The molecule has 9 heteroatoms. The van der Waals surface area contributed by atoms with Crippen molar-refractivity contribution in [2.75, 3.05) is 11.5 Å². The molecule has 98 valence electrons. The Balaban J connectivity index is 3.23. The van der Waals surface area contributed by atoms with Crippen LogP contribution < -0.4 is 0 Å². The van der Waals surface area contributed by atoms with Gasteiger partial charge in [-0.1, -0.05) is 6.07 Å². The normalized spacial score (nSPS) is 12.1. The second-order valence-electron chi connectivity index (χ2n) is 3.29. The first-order valence-electron chi connectivity index (χ1n) is 4.51. The van der Waals surface area contributed by atoms with E-state index in [9.17, 15) is 21.2 Å². The Morgan fingerprint density at radius 1 is 1.22 bits per heavy atom. The standard InChI is InChI=1S/C9H7ClFNO4S2/c10-18(15,16)5-4-17(13,14)9-3-1-2-8(11)7(9)6-12/h1-3H,4-5H2. The molecule has 0 bridgehead atoms. The zero-order valence-electron chi connectivity index (χ0n) is 8.80. The molecular formula is C9H7ClFNO4S2. The average molecular weight is 312 g/mol. The maximum absolute atomic E-state index is 13.2. The Kier molecular flexibility index (Phi) is 4.32. The van der Waals surface area contributed by atoms with Gasteiger partial charge in [0.25, 0.3) is 0 Å². The molecule has 0 fully saturated rings. The molecule has 5 nitrogen and oxygen atoms in total. The van der Waals surface area contributed by atoms with E-state index in [0.717, 1.165) is 18.2 Å². The summed E-state index contributed by atoms with van der Waals surface area (Å²) in [5.74, 6) is -2.60. The lowest BCUT2D eigenvalue weighted by Crippen LogP contribution is -2.15. The molecule has 0 saturated carbocycles. The number of hydrogen-bond donors (Lipinski definition) is 0. The van der Waals surface area contributed by atoms with Crippen molar-refractivity contribution in [3.8, 4) is 6.07 Å². The Bertz CT molecular complexity index is 707. The molecule has 0 atom stereocenters. The molecule has 0 N–H and O–H groups in total. The molecule has 0 aliphatic heterocycles. The van der Waals surface area contributed by atoms with Crippen molar-refractivity contribution in [3.63, 3.8) is 0 Å². The molecule has 0 aliphatic rings. The summed E-state index contributed by atoms with van der Waals surface area (Å²) in [7, 11) is -3.16. The zero-order chi connectivity index (χ0) is 14.0. The minimum Gasteiger partial charge on any atom is -0.224 e. The molecule has 0 radical (unpaired) electrons. The number of nitriles is 1. The summed E-state index contributed by atoms with van der Waals surface area (Å²) in [6, 6.07) is 4.53. The molecule has 0 aliphatic carbocycles. The largest absolute Gasteiger partial charge is 0.233 e. The molecular weight excluding hydrogens is 305 g/mol. The number of rotatable bonds is 4. The van der Waals surface area contributed by atoms with Crippen LogP contribution in [0, 0.1) is 17.1 Å². The number of benzene rings is 1. The summed E-state index contributed by atoms with van der Waals surface area (Å²) >= 11 is 0. The van der Waals surface area contributed by atoms with E-state index in [1.165, 1.54) is 6.07 Å². The predicted molar refractivity (Wildman–Crippen MR) is 62.8 cm³/mol. The van der Waals surface area contributed by atoms with Crippen LogP contribution in [0.15, 0.2) is 23.1 Å². The number of sulfone groups is 1. The summed E-state index contributed by atoms with van der Waals surface area (Å²) in [5, 5.41) is 8.69. The van der Waals surface area contributed by atoms with Crippen molar-refractivity contribution < 1.29 is 21.2 Å². The highest BCUT2D eigenvalue weighted by atomic mass is 35.7. The van der Waals surface area contributed by atoms with Crippen LogP contribution in [0.5, 0.6) is 0 Å². The minimum absolute atomic E-state index is 0.537. The van der Waals surface area contributed by atoms with Gasteiger partial charge in [0, 0.05) is 10.7 Å². The van der Waals surface area contributed by atoms with Gasteiger partial charge in [-0.3, -0.25) is 0 Å². The SMILES string of the molecule is N#Cc1c(F)cccc1S(=O)(=O)CCS(=O)(=O)Cl. The molecule has 0 heterocycles. The van der Waals surface area contributed by atoms with Crippen LogP contribution in [-0.2, 0) is 18.9 Å². The maximum Gasteiger partial charge on any atom is 0.233 e. The third kappa shape index (κ3) is 3.66. The first kappa shape index (κ1) is 14.9. The lowest BCUT2D eigenvalue weighted by Gasteiger charge is -2.05. The van der Waals surface area contributed by atoms with Crippen LogP contribution in [0.2, 0.25) is 0 Å². The van der Waals surface area contributed by atoms with Gasteiger partial charge in [0.15, 0.2) is 9.84 Å². The molecule has 1 aromatic rings.